The quantitative estimate of drug-likeness (QED) is 0.822. The lowest BCUT2D eigenvalue weighted by Crippen LogP contribution is -2.52. The van der Waals surface area contributed by atoms with Crippen molar-refractivity contribution in [2.45, 2.75) is 25.0 Å². The molecule has 3 rings (SSSR count). The number of pyridine rings is 1. The van der Waals surface area contributed by atoms with E-state index in [9.17, 15) is 4.79 Å². The molecule has 2 fully saturated rings. The summed E-state index contributed by atoms with van der Waals surface area (Å²) >= 11 is 0. The summed E-state index contributed by atoms with van der Waals surface area (Å²) in [6.07, 6.45) is 5.50. The van der Waals surface area contributed by atoms with Crippen molar-refractivity contribution < 1.29 is 9.53 Å². The van der Waals surface area contributed by atoms with Gasteiger partial charge in [0.1, 0.15) is 0 Å². The summed E-state index contributed by atoms with van der Waals surface area (Å²) < 4.78 is 6.03. The molecule has 6 heteroatoms. The summed E-state index contributed by atoms with van der Waals surface area (Å²) in [5, 5.41) is 0. The molecule has 0 unspecified atom stereocenters. The monoisotopic (exact) mass is 332 g/mol. The third-order valence-electron chi connectivity index (χ3n) is 5.04. The summed E-state index contributed by atoms with van der Waals surface area (Å²) in [7, 11) is 4.22. The van der Waals surface area contributed by atoms with E-state index in [4.69, 9.17) is 4.74 Å². The highest BCUT2D eigenvalue weighted by molar-refractivity contribution is 5.94. The Hall–Kier alpha value is -1.50. The van der Waals surface area contributed by atoms with Crippen LogP contribution in [-0.2, 0) is 4.74 Å². The molecule has 0 bridgehead atoms. The van der Waals surface area contributed by atoms with E-state index in [2.05, 4.69) is 28.9 Å². The van der Waals surface area contributed by atoms with Crippen molar-refractivity contribution in [2.24, 2.45) is 0 Å². The largest absolute Gasteiger partial charge is 0.375 e. The SMILES string of the molecule is CN(C)CCN1CCO[C@H]2CCN(C(=O)c3ccncc3)CC[C@@H]21. The van der Waals surface area contributed by atoms with Gasteiger partial charge in [-0.05, 0) is 39.1 Å². The van der Waals surface area contributed by atoms with Crippen LogP contribution in [0.2, 0.25) is 0 Å². The third kappa shape index (κ3) is 4.12. The Bertz CT molecular complexity index is 537. The minimum atomic E-state index is 0.107. The lowest BCUT2D eigenvalue weighted by atomic mass is 10.0. The molecule has 1 aromatic heterocycles. The number of nitrogens with zero attached hydrogens (tertiary/aromatic N) is 4. The fraction of sp³-hybridized carbons (Fsp3) is 0.667. The summed E-state index contributed by atoms with van der Waals surface area (Å²) in [6.45, 7) is 5.48. The molecule has 132 valence electrons. The molecule has 0 radical (unpaired) electrons. The Morgan fingerprint density at radius 3 is 2.75 bits per heavy atom. The number of carbonyl (C=O) groups is 1. The molecule has 0 aromatic carbocycles. The number of ether oxygens (including phenoxy) is 1. The zero-order valence-corrected chi connectivity index (χ0v) is 14.7. The van der Waals surface area contributed by atoms with Gasteiger partial charge in [-0.15, -0.1) is 0 Å². The Morgan fingerprint density at radius 1 is 1.25 bits per heavy atom. The maximum absolute atomic E-state index is 12.7. The van der Waals surface area contributed by atoms with Crippen LogP contribution in [0.3, 0.4) is 0 Å². The molecule has 1 aromatic rings. The highest BCUT2D eigenvalue weighted by Crippen LogP contribution is 2.24. The van der Waals surface area contributed by atoms with Gasteiger partial charge in [-0.25, -0.2) is 0 Å². The second-order valence-electron chi connectivity index (χ2n) is 6.92. The molecule has 3 heterocycles. The highest BCUT2D eigenvalue weighted by Gasteiger charge is 2.35. The van der Waals surface area contributed by atoms with E-state index in [1.807, 2.05) is 4.90 Å². The Labute approximate surface area is 144 Å². The van der Waals surface area contributed by atoms with E-state index in [0.29, 0.717) is 6.04 Å². The number of fused-ring (bicyclic) bond motifs is 1. The van der Waals surface area contributed by atoms with Gasteiger partial charge in [0, 0.05) is 56.7 Å². The molecule has 1 amide bonds. The van der Waals surface area contributed by atoms with Crippen molar-refractivity contribution in [3.05, 3.63) is 30.1 Å². The molecule has 0 aliphatic carbocycles. The van der Waals surface area contributed by atoms with Crippen molar-refractivity contribution >= 4 is 5.91 Å². The lowest BCUT2D eigenvalue weighted by Gasteiger charge is -2.40. The van der Waals surface area contributed by atoms with Crippen molar-refractivity contribution in [3.63, 3.8) is 0 Å². The van der Waals surface area contributed by atoms with Gasteiger partial charge in [0.05, 0.1) is 12.7 Å². The first kappa shape index (κ1) is 17.3. The highest BCUT2D eigenvalue weighted by atomic mass is 16.5. The maximum Gasteiger partial charge on any atom is 0.253 e. The molecule has 2 aliphatic heterocycles. The van der Waals surface area contributed by atoms with Crippen LogP contribution in [-0.4, -0.2) is 91.2 Å². The summed E-state index contributed by atoms with van der Waals surface area (Å²) in [4.78, 5) is 23.4. The van der Waals surface area contributed by atoms with E-state index < -0.39 is 0 Å². The number of likely N-dealkylation sites (N-methyl/N-ethyl adjacent to an activating group) is 1. The zero-order valence-electron chi connectivity index (χ0n) is 14.7. The van der Waals surface area contributed by atoms with Crippen LogP contribution < -0.4 is 0 Å². The van der Waals surface area contributed by atoms with Gasteiger partial charge in [-0.3, -0.25) is 14.7 Å². The molecule has 0 saturated carbocycles. The maximum atomic E-state index is 12.7. The topological polar surface area (TPSA) is 48.9 Å². The van der Waals surface area contributed by atoms with Crippen LogP contribution in [0.1, 0.15) is 23.2 Å². The molecule has 24 heavy (non-hydrogen) atoms. The van der Waals surface area contributed by atoms with Crippen LogP contribution >= 0.6 is 0 Å². The van der Waals surface area contributed by atoms with Crippen molar-refractivity contribution in [3.8, 4) is 0 Å². The summed E-state index contributed by atoms with van der Waals surface area (Å²) in [6, 6.07) is 4.01. The average Bonchev–Trinajstić information content (AvgIpc) is 2.83. The van der Waals surface area contributed by atoms with Crippen molar-refractivity contribution in [2.75, 3.05) is 53.4 Å². The number of hydrogen-bond acceptors (Lipinski definition) is 5. The zero-order chi connectivity index (χ0) is 16.9. The lowest BCUT2D eigenvalue weighted by molar-refractivity contribution is -0.0724. The Morgan fingerprint density at radius 2 is 2.00 bits per heavy atom. The fourth-order valence-corrected chi connectivity index (χ4v) is 3.65. The van der Waals surface area contributed by atoms with Gasteiger partial charge in [0.15, 0.2) is 0 Å². The summed E-state index contributed by atoms with van der Waals surface area (Å²) in [5.41, 5.74) is 0.722. The number of aromatic nitrogens is 1. The van der Waals surface area contributed by atoms with E-state index in [1.54, 1.807) is 24.5 Å². The first-order chi connectivity index (χ1) is 11.6. The van der Waals surface area contributed by atoms with E-state index in [1.165, 1.54) is 0 Å². The predicted octanol–water partition coefficient (Wildman–Crippen LogP) is 0.949. The number of carbonyl (C=O) groups excluding carboxylic acids is 1. The molecular weight excluding hydrogens is 304 g/mol. The van der Waals surface area contributed by atoms with Crippen LogP contribution in [0, 0.1) is 0 Å². The number of rotatable bonds is 4. The summed E-state index contributed by atoms with van der Waals surface area (Å²) in [5.74, 6) is 0.107. The van der Waals surface area contributed by atoms with Gasteiger partial charge in [-0.2, -0.15) is 0 Å². The van der Waals surface area contributed by atoms with Gasteiger partial charge in [0.2, 0.25) is 0 Å². The average molecular weight is 332 g/mol. The van der Waals surface area contributed by atoms with E-state index >= 15 is 0 Å². The first-order valence-electron chi connectivity index (χ1n) is 8.85. The molecule has 2 saturated heterocycles. The van der Waals surface area contributed by atoms with Crippen molar-refractivity contribution in [1.82, 2.24) is 19.7 Å². The molecule has 2 atom stereocenters. The van der Waals surface area contributed by atoms with E-state index in [-0.39, 0.29) is 12.0 Å². The normalized spacial score (nSPS) is 25.4. The van der Waals surface area contributed by atoms with Gasteiger partial charge in [0.25, 0.3) is 5.91 Å². The van der Waals surface area contributed by atoms with Gasteiger partial charge >= 0.3 is 0 Å². The van der Waals surface area contributed by atoms with E-state index in [0.717, 1.165) is 57.7 Å². The standard InChI is InChI=1S/C18H28N4O2/c1-20(2)11-12-21-13-14-24-17-6-10-22(9-5-16(17)21)18(23)15-3-7-19-8-4-15/h3-4,7-8,16-17H,5-6,9-14H2,1-2H3/t16-,17-/m0/s1. The van der Waals surface area contributed by atoms with Gasteiger partial charge < -0.3 is 14.5 Å². The third-order valence-corrected chi connectivity index (χ3v) is 5.04. The van der Waals surface area contributed by atoms with Crippen LogP contribution in [0.25, 0.3) is 0 Å². The van der Waals surface area contributed by atoms with Crippen LogP contribution in [0.4, 0.5) is 0 Å². The first-order valence-corrected chi connectivity index (χ1v) is 8.85. The number of morpholine rings is 1. The Kier molecular flexibility index (Phi) is 5.81. The second-order valence-corrected chi connectivity index (χ2v) is 6.92. The van der Waals surface area contributed by atoms with Crippen LogP contribution in [0.15, 0.2) is 24.5 Å². The molecule has 2 aliphatic rings. The fourth-order valence-electron chi connectivity index (χ4n) is 3.65. The smallest absolute Gasteiger partial charge is 0.253 e. The number of amides is 1. The van der Waals surface area contributed by atoms with Gasteiger partial charge in [-0.1, -0.05) is 0 Å². The number of hydrogen-bond donors (Lipinski definition) is 0. The minimum absolute atomic E-state index is 0.107. The second kappa shape index (κ2) is 8.05. The molecule has 0 spiro atoms. The molecular formula is C18H28N4O2. The predicted molar refractivity (Wildman–Crippen MR) is 93.0 cm³/mol. The Balaban J connectivity index is 1.64. The van der Waals surface area contributed by atoms with Crippen molar-refractivity contribution in [1.29, 1.82) is 0 Å². The molecule has 0 N–H and O–H groups in total. The number of likely N-dealkylation sites (tertiary alicyclic amines) is 1. The molecule has 6 nitrogen and oxygen atoms in total. The minimum Gasteiger partial charge on any atom is -0.375 e. The van der Waals surface area contributed by atoms with Crippen LogP contribution in [0.5, 0.6) is 0 Å².